The predicted octanol–water partition coefficient (Wildman–Crippen LogP) is 1.34. The van der Waals surface area contributed by atoms with Crippen LogP contribution in [0.15, 0.2) is 36.0 Å². The Hall–Kier alpha value is -1.44. The first-order chi connectivity index (χ1) is 8.57. The van der Waals surface area contributed by atoms with Crippen LogP contribution in [0.1, 0.15) is 10.4 Å². The number of nitrogens with zero attached hydrogens (tertiary/aromatic N) is 1. The summed E-state index contributed by atoms with van der Waals surface area (Å²) in [4.78, 5) is 4.76. The minimum absolute atomic E-state index is 0.113. The van der Waals surface area contributed by atoms with Crippen LogP contribution in [-0.4, -0.2) is 13.4 Å². The van der Waals surface area contributed by atoms with Crippen molar-refractivity contribution in [3.63, 3.8) is 0 Å². The van der Waals surface area contributed by atoms with Gasteiger partial charge in [0.1, 0.15) is 0 Å². The van der Waals surface area contributed by atoms with Gasteiger partial charge in [0.25, 0.3) is 0 Å². The first-order valence-electron chi connectivity index (χ1n) is 5.25. The molecule has 2 rings (SSSR count). The van der Waals surface area contributed by atoms with Crippen LogP contribution in [0.5, 0.6) is 0 Å². The van der Waals surface area contributed by atoms with E-state index < -0.39 is 10.0 Å². The third kappa shape index (κ3) is 3.52. The minimum Gasteiger partial charge on any atom is -0.398 e. The monoisotopic (exact) mass is 283 g/mol. The van der Waals surface area contributed by atoms with Crippen molar-refractivity contribution in [1.82, 2.24) is 9.71 Å². The summed E-state index contributed by atoms with van der Waals surface area (Å²) >= 11 is 1.41. The SMILES string of the molecule is Nc1ccccc1CS(=O)(=O)NCc1cncs1. The summed E-state index contributed by atoms with van der Waals surface area (Å²) in [6, 6.07) is 6.94. The lowest BCUT2D eigenvalue weighted by Crippen LogP contribution is -2.24. The van der Waals surface area contributed by atoms with Gasteiger partial charge in [-0.05, 0) is 11.6 Å². The van der Waals surface area contributed by atoms with Gasteiger partial charge in [-0.25, -0.2) is 13.1 Å². The van der Waals surface area contributed by atoms with Crippen molar-refractivity contribution >= 4 is 27.0 Å². The molecule has 18 heavy (non-hydrogen) atoms. The summed E-state index contributed by atoms with van der Waals surface area (Å²) in [5.74, 6) is -0.113. The third-order valence-electron chi connectivity index (χ3n) is 2.35. The summed E-state index contributed by atoms with van der Waals surface area (Å²) in [6.45, 7) is 0.264. The van der Waals surface area contributed by atoms with Gasteiger partial charge in [-0.1, -0.05) is 18.2 Å². The van der Waals surface area contributed by atoms with E-state index in [0.717, 1.165) is 4.88 Å². The molecule has 0 aliphatic carbocycles. The number of para-hydroxylation sites is 1. The topological polar surface area (TPSA) is 85.1 Å². The smallest absolute Gasteiger partial charge is 0.216 e. The van der Waals surface area contributed by atoms with E-state index in [4.69, 9.17) is 5.73 Å². The highest BCUT2D eigenvalue weighted by Gasteiger charge is 2.13. The second-order valence-electron chi connectivity index (χ2n) is 3.75. The van der Waals surface area contributed by atoms with Gasteiger partial charge in [-0.2, -0.15) is 0 Å². The first kappa shape index (κ1) is 13.0. The molecule has 2 aromatic rings. The van der Waals surface area contributed by atoms with Crippen LogP contribution in [0.2, 0.25) is 0 Å². The van der Waals surface area contributed by atoms with Crippen molar-refractivity contribution in [2.75, 3.05) is 5.73 Å². The lowest BCUT2D eigenvalue weighted by molar-refractivity contribution is 0.581. The molecule has 0 bridgehead atoms. The zero-order chi connectivity index (χ0) is 13.0. The van der Waals surface area contributed by atoms with Gasteiger partial charge in [-0.15, -0.1) is 11.3 Å². The Morgan fingerprint density at radius 3 is 2.78 bits per heavy atom. The first-order valence-corrected chi connectivity index (χ1v) is 7.78. The van der Waals surface area contributed by atoms with E-state index in [-0.39, 0.29) is 12.3 Å². The van der Waals surface area contributed by atoms with E-state index in [1.807, 2.05) is 0 Å². The zero-order valence-corrected chi connectivity index (χ0v) is 11.2. The molecule has 0 saturated carbocycles. The van der Waals surface area contributed by atoms with Gasteiger partial charge in [0.2, 0.25) is 10.0 Å². The lowest BCUT2D eigenvalue weighted by atomic mass is 10.2. The summed E-state index contributed by atoms with van der Waals surface area (Å²) in [5, 5.41) is 0. The summed E-state index contributed by atoms with van der Waals surface area (Å²) in [5.41, 5.74) is 8.48. The summed E-state index contributed by atoms with van der Waals surface area (Å²) in [7, 11) is -3.38. The van der Waals surface area contributed by atoms with Crippen molar-refractivity contribution < 1.29 is 8.42 Å². The van der Waals surface area contributed by atoms with Crippen LogP contribution >= 0.6 is 11.3 Å². The van der Waals surface area contributed by atoms with E-state index in [1.54, 1.807) is 36.0 Å². The van der Waals surface area contributed by atoms with E-state index in [9.17, 15) is 8.42 Å². The van der Waals surface area contributed by atoms with Crippen molar-refractivity contribution in [2.24, 2.45) is 0 Å². The number of thiazole rings is 1. The van der Waals surface area contributed by atoms with Crippen molar-refractivity contribution in [1.29, 1.82) is 0 Å². The maximum Gasteiger partial charge on any atom is 0.216 e. The van der Waals surface area contributed by atoms with Crippen molar-refractivity contribution in [3.05, 3.63) is 46.4 Å². The Kier molecular flexibility index (Phi) is 3.95. The molecule has 0 aliphatic rings. The van der Waals surface area contributed by atoms with Gasteiger partial charge in [0, 0.05) is 23.3 Å². The molecule has 5 nitrogen and oxygen atoms in total. The minimum atomic E-state index is -3.38. The van der Waals surface area contributed by atoms with E-state index in [2.05, 4.69) is 9.71 Å². The number of nitrogens with two attached hydrogens (primary N) is 1. The average molecular weight is 283 g/mol. The van der Waals surface area contributed by atoms with Crippen LogP contribution in [0.25, 0.3) is 0 Å². The molecule has 7 heteroatoms. The van der Waals surface area contributed by atoms with Gasteiger partial charge >= 0.3 is 0 Å². The molecule has 0 radical (unpaired) electrons. The van der Waals surface area contributed by atoms with E-state index in [0.29, 0.717) is 11.3 Å². The molecule has 3 N–H and O–H groups in total. The fourth-order valence-corrected chi connectivity index (χ4v) is 3.21. The standard InChI is InChI=1S/C11H13N3O2S2/c12-11-4-2-1-3-9(11)7-18(15,16)14-6-10-5-13-8-17-10/h1-5,8,14H,6-7,12H2. The third-order valence-corrected chi connectivity index (χ3v) is 4.41. The molecular weight excluding hydrogens is 270 g/mol. The number of rotatable bonds is 5. The second kappa shape index (κ2) is 5.47. The van der Waals surface area contributed by atoms with Crippen LogP contribution in [0, 0.1) is 0 Å². The maximum absolute atomic E-state index is 11.9. The summed E-state index contributed by atoms with van der Waals surface area (Å²) in [6.07, 6.45) is 1.64. The number of hydrogen-bond donors (Lipinski definition) is 2. The normalized spacial score (nSPS) is 11.6. The Morgan fingerprint density at radius 2 is 2.11 bits per heavy atom. The van der Waals surface area contributed by atoms with Crippen molar-refractivity contribution in [2.45, 2.75) is 12.3 Å². The Balaban J connectivity index is 2.02. The maximum atomic E-state index is 11.9. The quantitative estimate of drug-likeness (QED) is 0.811. The van der Waals surface area contributed by atoms with Gasteiger partial charge in [-0.3, -0.25) is 4.98 Å². The molecule has 1 aromatic carbocycles. The highest BCUT2D eigenvalue weighted by molar-refractivity contribution is 7.88. The number of hydrogen-bond acceptors (Lipinski definition) is 5. The van der Waals surface area contributed by atoms with Crippen LogP contribution in [0.3, 0.4) is 0 Å². The highest BCUT2D eigenvalue weighted by atomic mass is 32.2. The Morgan fingerprint density at radius 1 is 1.33 bits per heavy atom. The summed E-state index contributed by atoms with van der Waals surface area (Å²) < 4.78 is 26.3. The molecule has 0 atom stereocenters. The molecule has 0 unspecified atom stereocenters. The van der Waals surface area contributed by atoms with Gasteiger partial charge < -0.3 is 5.73 Å². The number of benzene rings is 1. The number of nitrogen functional groups attached to an aromatic ring is 1. The molecule has 0 fully saturated rings. The molecule has 1 heterocycles. The zero-order valence-electron chi connectivity index (χ0n) is 9.54. The van der Waals surface area contributed by atoms with Crippen molar-refractivity contribution in [3.8, 4) is 0 Å². The lowest BCUT2D eigenvalue weighted by Gasteiger charge is -2.07. The van der Waals surface area contributed by atoms with Crippen LogP contribution in [0.4, 0.5) is 5.69 Å². The van der Waals surface area contributed by atoms with Crippen LogP contribution in [-0.2, 0) is 22.3 Å². The van der Waals surface area contributed by atoms with Gasteiger partial charge in [0.05, 0.1) is 11.3 Å². The Labute approximate surface area is 110 Å². The number of nitrogens with one attached hydrogen (secondary N) is 1. The highest BCUT2D eigenvalue weighted by Crippen LogP contribution is 2.14. The number of anilines is 1. The van der Waals surface area contributed by atoms with E-state index >= 15 is 0 Å². The molecule has 0 aliphatic heterocycles. The molecule has 1 aromatic heterocycles. The van der Waals surface area contributed by atoms with Gasteiger partial charge in [0.15, 0.2) is 0 Å². The van der Waals surface area contributed by atoms with Crippen LogP contribution < -0.4 is 10.5 Å². The number of sulfonamides is 1. The molecule has 0 amide bonds. The molecule has 0 spiro atoms. The average Bonchev–Trinajstić information content (AvgIpc) is 2.83. The largest absolute Gasteiger partial charge is 0.398 e. The van der Waals surface area contributed by atoms with E-state index in [1.165, 1.54) is 11.3 Å². The second-order valence-corrected chi connectivity index (χ2v) is 6.52. The Bertz CT molecular complexity index is 609. The molecule has 96 valence electrons. The molecular formula is C11H13N3O2S2. The fraction of sp³-hybridized carbons (Fsp3) is 0.182. The molecule has 0 saturated heterocycles. The predicted molar refractivity (Wildman–Crippen MR) is 72.4 cm³/mol. The fourth-order valence-electron chi connectivity index (χ4n) is 1.43. The number of aromatic nitrogens is 1.